The molecule has 242 valence electrons. The number of hydrogen-bond donors (Lipinski definition) is 2. The Hall–Kier alpha value is -5.02. The number of nitro groups is 1. The topological polar surface area (TPSA) is 199 Å². The lowest BCUT2D eigenvalue weighted by molar-refractivity contribution is -0.386. The molecule has 17 heteroatoms. The van der Waals surface area contributed by atoms with Crippen LogP contribution < -0.4 is 11.2 Å². The second-order valence-electron chi connectivity index (χ2n) is 9.92. The Morgan fingerprint density at radius 3 is 1.74 bits per heavy atom. The van der Waals surface area contributed by atoms with Crippen molar-refractivity contribution in [3.05, 3.63) is 126 Å². The number of carbonyl (C=O) groups excluding carboxylic acids is 3. The number of anilines is 1. The molecule has 1 aliphatic rings. The van der Waals surface area contributed by atoms with Crippen molar-refractivity contribution in [3.63, 3.8) is 0 Å². The van der Waals surface area contributed by atoms with E-state index in [4.69, 9.17) is 64.9 Å². The van der Waals surface area contributed by atoms with Crippen molar-refractivity contribution in [2.75, 3.05) is 12.3 Å². The van der Waals surface area contributed by atoms with Crippen molar-refractivity contribution >= 4 is 64.2 Å². The zero-order chi connectivity index (χ0) is 33.8. The molecule has 3 N–H and O–H groups in total. The monoisotopic (exact) mass is 701 g/mol. The number of rotatable bonds is 9. The maximum absolute atomic E-state index is 13.4. The number of ether oxygens (including phenoxy) is 4. The second kappa shape index (κ2) is 14.2. The molecule has 1 fully saturated rings. The normalized spacial score (nSPS) is 18.7. The summed E-state index contributed by atoms with van der Waals surface area (Å²) in [4.78, 5) is 54.2. The van der Waals surface area contributed by atoms with Gasteiger partial charge in [-0.2, -0.15) is 0 Å². The molecular formula is C30H22Cl3N5O9. The van der Waals surface area contributed by atoms with Gasteiger partial charge in [-0.05, 0) is 72.8 Å². The van der Waals surface area contributed by atoms with Gasteiger partial charge in [0.1, 0.15) is 19.0 Å². The third kappa shape index (κ3) is 7.52. The molecule has 3 aromatic carbocycles. The van der Waals surface area contributed by atoms with Crippen LogP contribution in [0.1, 0.15) is 37.3 Å². The summed E-state index contributed by atoms with van der Waals surface area (Å²) >= 11 is 17.8. The number of halogens is 3. The summed E-state index contributed by atoms with van der Waals surface area (Å²) in [6.07, 6.45) is -5.00. The van der Waals surface area contributed by atoms with Gasteiger partial charge >= 0.3 is 23.6 Å². The third-order valence-electron chi connectivity index (χ3n) is 6.89. The molecule has 5 rings (SSSR count). The van der Waals surface area contributed by atoms with Gasteiger partial charge in [0.2, 0.25) is 11.3 Å². The van der Waals surface area contributed by atoms with Gasteiger partial charge in [-0.3, -0.25) is 20.1 Å². The molecule has 0 radical (unpaired) electrons. The van der Waals surface area contributed by atoms with Gasteiger partial charge in [-0.1, -0.05) is 34.8 Å². The fraction of sp³-hybridized carbons (Fsp3) is 0.167. The van der Waals surface area contributed by atoms with Crippen molar-refractivity contribution < 1.29 is 38.3 Å². The molecule has 47 heavy (non-hydrogen) atoms. The zero-order valence-electron chi connectivity index (χ0n) is 23.7. The summed E-state index contributed by atoms with van der Waals surface area (Å²) in [6, 6.07) is 17.2. The number of hydrogen-bond acceptors (Lipinski definition) is 12. The van der Waals surface area contributed by atoms with Gasteiger partial charge < -0.3 is 24.7 Å². The van der Waals surface area contributed by atoms with Crippen LogP contribution >= 0.6 is 34.8 Å². The van der Waals surface area contributed by atoms with Crippen LogP contribution in [0.15, 0.2) is 79.1 Å². The van der Waals surface area contributed by atoms with Crippen molar-refractivity contribution in [1.82, 2.24) is 9.55 Å². The Kier molecular flexibility index (Phi) is 10.1. The average molecular weight is 703 g/mol. The molecule has 0 aliphatic carbocycles. The van der Waals surface area contributed by atoms with E-state index in [0.717, 1.165) is 10.9 Å². The minimum absolute atomic E-state index is 0.0473. The van der Waals surface area contributed by atoms with Crippen LogP contribution in [-0.2, 0) is 18.9 Å². The van der Waals surface area contributed by atoms with E-state index in [1.165, 1.54) is 72.8 Å². The number of esters is 3. The van der Waals surface area contributed by atoms with Gasteiger partial charge in [0.25, 0.3) is 0 Å². The quantitative estimate of drug-likeness (QED) is 0.103. The lowest BCUT2D eigenvalue weighted by Crippen LogP contribution is -2.42. The van der Waals surface area contributed by atoms with Gasteiger partial charge in [0.15, 0.2) is 18.4 Å². The first kappa shape index (κ1) is 33.3. The molecule has 1 aromatic heterocycles. The molecule has 2 heterocycles. The highest BCUT2D eigenvalue weighted by Gasteiger charge is 2.52. The molecule has 14 nitrogen and oxygen atoms in total. The highest BCUT2D eigenvalue weighted by atomic mass is 35.5. The van der Waals surface area contributed by atoms with Crippen LogP contribution in [0.5, 0.6) is 0 Å². The lowest BCUT2D eigenvalue weighted by Gasteiger charge is -2.25. The summed E-state index contributed by atoms with van der Waals surface area (Å²) in [5.74, 6) is -3.15. The Balaban J connectivity index is 1.55. The Labute approximate surface area is 280 Å². The number of benzene rings is 3. The molecule has 1 saturated heterocycles. The van der Waals surface area contributed by atoms with Crippen molar-refractivity contribution in [2.24, 2.45) is 0 Å². The molecule has 4 aromatic rings. The van der Waals surface area contributed by atoms with Crippen molar-refractivity contribution in [2.45, 2.75) is 24.5 Å². The first-order valence-corrected chi connectivity index (χ1v) is 14.6. The van der Waals surface area contributed by atoms with Gasteiger partial charge in [0.05, 0.1) is 21.6 Å². The summed E-state index contributed by atoms with van der Waals surface area (Å²) < 4.78 is 24.0. The minimum atomic E-state index is -1.58. The Morgan fingerprint density at radius 1 is 0.830 bits per heavy atom. The van der Waals surface area contributed by atoms with Gasteiger partial charge in [-0.15, -0.1) is 0 Å². The highest BCUT2D eigenvalue weighted by Crippen LogP contribution is 2.35. The second-order valence-corrected chi connectivity index (χ2v) is 11.2. The zero-order valence-corrected chi connectivity index (χ0v) is 26.0. The number of nitrogens with one attached hydrogen (secondary N) is 1. The van der Waals surface area contributed by atoms with E-state index < -0.39 is 71.0 Å². The molecular weight excluding hydrogens is 681 g/mol. The predicted octanol–water partition coefficient (Wildman–Crippen LogP) is 5.02. The van der Waals surface area contributed by atoms with Crippen LogP contribution in [0.4, 0.5) is 11.5 Å². The molecule has 0 saturated carbocycles. The van der Waals surface area contributed by atoms with E-state index in [2.05, 4.69) is 4.98 Å². The number of carbonyl (C=O) groups is 3. The smallest absolute Gasteiger partial charge is 0.353 e. The molecule has 0 amide bonds. The van der Waals surface area contributed by atoms with E-state index >= 15 is 0 Å². The van der Waals surface area contributed by atoms with Crippen LogP contribution in [0.25, 0.3) is 0 Å². The van der Waals surface area contributed by atoms with Gasteiger partial charge in [-0.25, -0.2) is 19.4 Å². The predicted molar refractivity (Wildman–Crippen MR) is 166 cm³/mol. The molecule has 1 aliphatic heterocycles. The van der Waals surface area contributed by atoms with E-state index in [9.17, 15) is 24.5 Å². The summed E-state index contributed by atoms with van der Waals surface area (Å²) in [6.45, 7) is -0.552. The maximum atomic E-state index is 13.4. The van der Waals surface area contributed by atoms with E-state index in [1.54, 1.807) is 0 Å². The van der Waals surface area contributed by atoms with E-state index in [1.807, 2.05) is 0 Å². The minimum Gasteiger partial charge on any atom is -0.459 e. The van der Waals surface area contributed by atoms with Gasteiger partial charge in [0, 0.05) is 15.1 Å². The fourth-order valence-electron chi connectivity index (χ4n) is 4.58. The molecule has 0 unspecified atom stereocenters. The number of aromatic nitrogens is 2. The average Bonchev–Trinajstić information content (AvgIpc) is 3.36. The molecule has 0 spiro atoms. The third-order valence-corrected chi connectivity index (χ3v) is 7.65. The summed E-state index contributed by atoms with van der Waals surface area (Å²) in [5.41, 5.74) is 4.31. The largest absolute Gasteiger partial charge is 0.459 e. The Morgan fingerprint density at radius 2 is 1.28 bits per heavy atom. The standard InChI is InChI=1S/C30H22Cl3N5O9/c31-18-7-1-15(2-8-18)28(39)44-13-21-23(46-29(40)16-3-9-19(32)10-4-16)24(47-30(41)17-5-11-20(33)12-6-17)27(45-21)37-14-36-25(34)22(26(37)35)38(42)43/h1-12,14,21,23-24,27,35H,13,34H2/t21-,23-,24-,27-/m1/s1. The first-order valence-electron chi connectivity index (χ1n) is 13.5. The SMILES string of the molecule is N=c1c([N+](=O)[O-])c(N)ncn1[C@@H]1O[C@H](COC(=O)c2ccc(Cl)cc2)[C@@H](OC(=O)c2ccc(Cl)cc2)[C@H]1OC(=O)c1ccc(Cl)cc1. The van der Waals surface area contributed by atoms with Crippen LogP contribution in [0.2, 0.25) is 15.1 Å². The summed E-state index contributed by atoms with van der Waals surface area (Å²) in [7, 11) is 0. The number of nitrogens with zero attached hydrogens (tertiary/aromatic N) is 3. The first-order chi connectivity index (χ1) is 22.4. The molecule has 0 bridgehead atoms. The van der Waals surface area contributed by atoms with Crippen LogP contribution in [0, 0.1) is 15.5 Å². The summed E-state index contributed by atoms with van der Waals surface area (Å²) in [5, 5.41) is 21.3. The van der Waals surface area contributed by atoms with Crippen LogP contribution in [0.3, 0.4) is 0 Å². The number of nitrogen functional groups attached to an aromatic ring is 1. The fourth-order valence-corrected chi connectivity index (χ4v) is 4.95. The van der Waals surface area contributed by atoms with Crippen molar-refractivity contribution in [3.8, 4) is 0 Å². The number of nitrogens with two attached hydrogens (primary N) is 1. The van der Waals surface area contributed by atoms with Crippen molar-refractivity contribution in [1.29, 1.82) is 5.41 Å². The maximum Gasteiger partial charge on any atom is 0.353 e. The Bertz CT molecular complexity index is 1890. The van der Waals surface area contributed by atoms with E-state index in [0.29, 0.717) is 15.1 Å². The molecule has 4 atom stereocenters. The van der Waals surface area contributed by atoms with E-state index in [-0.39, 0.29) is 16.7 Å². The van der Waals surface area contributed by atoms with Crippen LogP contribution in [-0.4, -0.2) is 57.3 Å². The highest BCUT2D eigenvalue weighted by molar-refractivity contribution is 6.31. The lowest BCUT2D eigenvalue weighted by atomic mass is 10.1.